The summed E-state index contributed by atoms with van der Waals surface area (Å²) in [6.45, 7) is 6.05. The third-order valence-corrected chi connectivity index (χ3v) is 6.51. The van der Waals surface area contributed by atoms with Crippen LogP contribution in [0.1, 0.15) is 62.8 Å². The van der Waals surface area contributed by atoms with Gasteiger partial charge in [-0.1, -0.05) is 78.9 Å². The largest absolute Gasteiger partial charge is 0.489 e. The molecule has 0 aromatic heterocycles. The number of aryl methyl sites for hydroxylation is 1. The molecular formula is C36H44N2O7. The Morgan fingerprint density at radius 1 is 0.844 bits per heavy atom. The van der Waals surface area contributed by atoms with Gasteiger partial charge in [0.05, 0.1) is 19.6 Å². The van der Waals surface area contributed by atoms with Crippen LogP contribution in [-0.2, 0) is 36.8 Å². The zero-order chi connectivity index (χ0) is 32.5. The van der Waals surface area contributed by atoms with Gasteiger partial charge in [0, 0.05) is 12.7 Å². The molecule has 45 heavy (non-hydrogen) atoms. The smallest absolute Gasteiger partial charge is 0.409 e. The van der Waals surface area contributed by atoms with Gasteiger partial charge in [-0.3, -0.25) is 10.1 Å². The molecule has 0 aliphatic rings. The first kappa shape index (κ1) is 34.9. The monoisotopic (exact) mass is 616 g/mol. The Hall–Kier alpha value is -4.63. The Bertz CT molecular complexity index is 1350. The molecule has 0 saturated carbocycles. The Morgan fingerprint density at radius 3 is 2.11 bits per heavy atom. The number of ether oxygens (including phenoxy) is 4. The van der Waals surface area contributed by atoms with Gasteiger partial charge in [-0.15, -0.1) is 0 Å². The minimum Gasteiger partial charge on any atom is -0.489 e. The van der Waals surface area contributed by atoms with Gasteiger partial charge >= 0.3 is 12.1 Å². The minimum atomic E-state index is -0.907. The van der Waals surface area contributed by atoms with Gasteiger partial charge in [-0.2, -0.15) is 0 Å². The van der Waals surface area contributed by atoms with E-state index >= 15 is 0 Å². The maximum Gasteiger partial charge on any atom is 0.409 e. The van der Waals surface area contributed by atoms with E-state index in [1.165, 1.54) is 18.7 Å². The number of carbonyl (C=O) groups excluding carboxylic acids is 3. The van der Waals surface area contributed by atoms with Crippen molar-refractivity contribution in [3.63, 3.8) is 0 Å². The normalized spacial score (nSPS) is 12.6. The van der Waals surface area contributed by atoms with Crippen LogP contribution in [0.2, 0.25) is 0 Å². The lowest BCUT2D eigenvalue weighted by Gasteiger charge is -2.25. The molecule has 0 bridgehead atoms. The maximum absolute atomic E-state index is 13.3. The van der Waals surface area contributed by atoms with Crippen LogP contribution in [-0.4, -0.2) is 43.5 Å². The SMILES string of the molecule is COC(=O)C=CCC(NC(=O)CC(NC(=O)OC(C)(C)C)OCCCc1ccccc1)c1ccc(OCc2ccccc2)cc1. The fraction of sp³-hybridized carbons (Fsp3) is 0.361. The van der Waals surface area contributed by atoms with E-state index in [2.05, 4.69) is 10.6 Å². The molecule has 2 amide bonds. The Kier molecular flexibility index (Phi) is 14.1. The molecule has 2 unspecified atom stereocenters. The van der Waals surface area contributed by atoms with Gasteiger partial charge in [-0.25, -0.2) is 9.59 Å². The summed E-state index contributed by atoms with van der Waals surface area (Å²) < 4.78 is 21.9. The lowest BCUT2D eigenvalue weighted by atomic mass is 10.0. The molecule has 3 rings (SSSR count). The number of benzene rings is 3. The van der Waals surface area contributed by atoms with Crippen molar-refractivity contribution in [3.8, 4) is 5.75 Å². The first-order chi connectivity index (χ1) is 21.6. The molecule has 9 heteroatoms. The van der Waals surface area contributed by atoms with E-state index in [1.807, 2.05) is 84.9 Å². The van der Waals surface area contributed by atoms with Crippen LogP contribution in [0.15, 0.2) is 97.1 Å². The topological polar surface area (TPSA) is 112 Å². The molecule has 0 heterocycles. The second-order valence-electron chi connectivity index (χ2n) is 11.4. The van der Waals surface area contributed by atoms with Crippen molar-refractivity contribution in [2.75, 3.05) is 13.7 Å². The lowest BCUT2D eigenvalue weighted by Crippen LogP contribution is -2.43. The van der Waals surface area contributed by atoms with Crippen LogP contribution in [0.5, 0.6) is 5.75 Å². The maximum atomic E-state index is 13.3. The van der Waals surface area contributed by atoms with Crippen molar-refractivity contribution >= 4 is 18.0 Å². The first-order valence-electron chi connectivity index (χ1n) is 15.1. The number of nitrogens with one attached hydrogen (secondary N) is 2. The third kappa shape index (κ3) is 14.1. The van der Waals surface area contributed by atoms with Crippen LogP contribution in [0.4, 0.5) is 4.79 Å². The molecule has 0 spiro atoms. The van der Waals surface area contributed by atoms with Crippen molar-refractivity contribution in [3.05, 3.63) is 114 Å². The van der Waals surface area contributed by atoms with Crippen molar-refractivity contribution in [1.29, 1.82) is 0 Å². The summed E-state index contributed by atoms with van der Waals surface area (Å²) in [7, 11) is 1.30. The highest BCUT2D eigenvalue weighted by molar-refractivity contribution is 5.81. The quantitative estimate of drug-likeness (QED) is 0.0825. The molecular weight excluding hydrogens is 572 g/mol. The predicted octanol–water partition coefficient (Wildman–Crippen LogP) is 6.43. The highest BCUT2D eigenvalue weighted by Gasteiger charge is 2.23. The minimum absolute atomic E-state index is 0.139. The van der Waals surface area contributed by atoms with Gasteiger partial charge in [-0.05, 0) is 68.9 Å². The summed E-state index contributed by atoms with van der Waals surface area (Å²) in [5.74, 6) is -0.154. The van der Waals surface area contributed by atoms with Gasteiger partial charge < -0.3 is 24.3 Å². The van der Waals surface area contributed by atoms with E-state index < -0.39 is 29.9 Å². The number of amides is 2. The zero-order valence-electron chi connectivity index (χ0n) is 26.5. The van der Waals surface area contributed by atoms with Gasteiger partial charge in [0.2, 0.25) is 5.91 Å². The lowest BCUT2D eigenvalue weighted by molar-refractivity contribution is -0.134. The van der Waals surface area contributed by atoms with Gasteiger partial charge in [0.25, 0.3) is 0 Å². The fourth-order valence-electron chi connectivity index (χ4n) is 4.34. The molecule has 2 N–H and O–H groups in total. The molecule has 240 valence electrons. The molecule has 9 nitrogen and oxygen atoms in total. The summed E-state index contributed by atoms with van der Waals surface area (Å²) in [5.41, 5.74) is 2.33. The van der Waals surface area contributed by atoms with Crippen LogP contribution in [0.3, 0.4) is 0 Å². The first-order valence-corrected chi connectivity index (χ1v) is 15.1. The second kappa shape index (κ2) is 18.2. The number of esters is 1. The van der Waals surface area contributed by atoms with Crippen LogP contribution >= 0.6 is 0 Å². The van der Waals surface area contributed by atoms with Crippen molar-refractivity contribution in [2.45, 2.75) is 70.9 Å². The molecule has 3 aromatic rings. The number of hydrogen-bond acceptors (Lipinski definition) is 7. The molecule has 0 radical (unpaired) electrons. The number of rotatable bonds is 16. The standard InChI is InChI=1S/C36H44N2O7/c1-36(2,3)45-35(41)38-33(43-24-12-17-27-13-7-5-8-14-27)25-32(39)37-31(18-11-19-34(40)42-4)29-20-22-30(23-21-29)44-26-28-15-9-6-10-16-28/h5-11,13-16,19-23,31,33H,12,17-18,24-26H2,1-4H3,(H,37,39)(H,38,41). The number of hydrogen-bond donors (Lipinski definition) is 2. The summed E-state index contributed by atoms with van der Waals surface area (Å²) in [4.78, 5) is 37.5. The van der Waals surface area contributed by atoms with Crippen molar-refractivity contribution in [1.82, 2.24) is 10.6 Å². The Morgan fingerprint density at radius 2 is 1.49 bits per heavy atom. The van der Waals surface area contributed by atoms with Crippen LogP contribution < -0.4 is 15.4 Å². The molecule has 3 aromatic carbocycles. The molecule has 0 aliphatic carbocycles. The van der Waals surface area contributed by atoms with Crippen LogP contribution in [0.25, 0.3) is 0 Å². The summed E-state index contributed by atoms with van der Waals surface area (Å²) in [6.07, 6.45) is 3.08. The fourth-order valence-corrected chi connectivity index (χ4v) is 4.34. The molecule has 2 atom stereocenters. The average molecular weight is 617 g/mol. The number of methoxy groups -OCH3 is 1. The van der Waals surface area contributed by atoms with E-state index in [0.717, 1.165) is 17.5 Å². The zero-order valence-corrected chi connectivity index (χ0v) is 26.5. The highest BCUT2D eigenvalue weighted by atomic mass is 16.6. The predicted molar refractivity (Wildman–Crippen MR) is 172 cm³/mol. The van der Waals surface area contributed by atoms with Crippen molar-refractivity contribution < 1.29 is 33.3 Å². The van der Waals surface area contributed by atoms with Gasteiger partial charge in [0.1, 0.15) is 24.2 Å². The molecule has 0 aliphatic heterocycles. The van der Waals surface area contributed by atoms with E-state index in [4.69, 9.17) is 18.9 Å². The Balaban J connectivity index is 1.66. The summed E-state index contributed by atoms with van der Waals surface area (Å²) >= 11 is 0. The summed E-state index contributed by atoms with van der Waals surface area (Å²) in [6, 6.07) is 26.8. The second-order valence-corrected chi connectivity index (χ2v) is 11.4. The molecule has 0 fully saturated rings. The number of alkyl carbamates (subject to hydrolysis) is 1. The van der Waals surface area contributed by atoms with Crippen LogP contribution in [0, 0.1) is 0 Å². The van der Waals surface area contributed by atoms with Crippen molar-refractivity contribution in [2.24, 2.45) is 0 Å². The number of carbonyl (C=O) groups is 3. The highest BCUT2D eigenvalue weighted by Crippen LogP contribution is 2.22. The molecule has 0 saturated heterocycles. The van der Waals surface area contributed by atoms with E-state index in [1.54, 1.807) is 26.8 Å². The van der Waals surface area contributed by atoms with E-state index in [-0.39, 0.29) is 12.3 Å². The van der Waals surface area contributed by atoms with Gasteiger partial charge in [0.15, 0.2) is 0 Å². The third-order valence-electron chi connectivity index (χ3n) is 6.51. The Labute approximate surface area is 265 Å². The summed E-state index contributed by atoms with van der Waals surface area (Å²) in [5, 5.41) is 5.70. The van der Waals surface area contributed by atoms with E-state index in [9.17, 15) is 14.4 Å². The average Bonchev–Trinajstić information content (AvgIpc) is 3.01. The van der Waals surface area contributed by atoms with E-state index in [0.29, 0.717) is 31.8 Å².